The lowest BCUT2D eigenvalue weighted by Gasteiger charge is -2.33. The SMILES string of the molecule is CCNC(=NCCc1ccc(OCC(C)C)cc1)NC1CCN(CC(=O)N(C)C)CC1. The van der Waals surface area contributed by atoms with Crippen LogP contribution in [0.3, 0.4) is 0 Å². The quantitative estimate of drug-likeness (QED) is 0.440. The summed E-state index contributed by atoms with van der Waals surface area (Å²) in [5.41, 5.74) is 1.26. The Morgan fingerprint density at radius 1 is 1.23 bits per heavy atom. The van der Waals surface area contributed by atoms with Gasteiger partial charge in [0.15, 0.2) is 5.96 Å². The summed E-state index contributed by atoms with van der Waals surface area (Å²) in [7, 11) is 3.62. The number of carbonyl (C=O) groups excluding carboxylic acids is 1. The summed E-state index contributed by atoms with van der Waals surface area (Å²) in [6.45, 7) is 11.1. The van der Waals surface area contributed by atoms with E-state index in [4.69, 9.17) is 9.73 Å². The van der Waals surface area contributed by atoms with Crippen molar-refractivity contribution in [2.45, 2.75) is 46.1 Å². The van der Waals surface area contributed by atoms with Crippen LogP contribution in [0.5, 0.6) is 5.75 Å². The molecule has 2 rings (SSSR count). The van der Waals surface area contributed by atoms with Crippen molar-refractivity contribution in [3.05, 3.63) is 29.8 Å². The van der Waals surface area contributed by atoms with Crippen LogP contribution in [0.15, 0.2) is 29.3 Å². The molecule has 31 heavy (non-hydrogen) atoms. The van der Waals surface area contributed by atoms with E-state index in [0.717, 1.165) is 63.8 Å². The summed E-state index contributed by atoms with van der Waals surface area (Å²) in [4.78, 5) is 20.6. The molecule has 0 aliphatic carbocycles. The average Bonchev–Trinajstić information content (AvgIpc) is 2.74. The van der Waals surface area contributed by atoms with E-state index in [0.29, 0.717) is 18.5 Å². The van der Waals surface area contributed by atoms with Crippen molar-refractivity contribution in [1.82, 2.24) is 20.4 Å². The molecule has 7 nitrogen and oxygen atoms in total. The van der Waals surface area contributed by atoms with Gasteiger partial charge < -0.3 is 20.3 Å². The molecule has 0 saturated carbocycles. The predicted octanol–water partition coefficient (Wildman–Crippen LogP) is 2.37. The zero-order valence-corrected chi connectivity index (χ0v) is 20.0. The maximum Gasteiger partial charge on any atom is 0.236 e. The van der Waals surface area contributed by atoms with Crippen molar-refractivity contribution < 1.29 is 9.53 Å². The van der Waals surface area contributed by atoms with Gasteiger partial charge in [-0.1, -0.05) is 26.0 Å². The Kier molecular flexibility index (Phi) is 10.6. The number of piperidine rings is 1. The molecule has 1 aromatic rings. The van der Waals surface area contributed by atoms with E-state index >= 15 is 0 Å². The molecule has 7 heteroatoms. The second-order valence-electron chi connectivity index (χ2n) is 8.84. The van der Waals surface area contributed by atoms with Crippen molar-refractivity contribution in [2.75, 3.05) is 53.4 Å². The third-order valence-electron chi connectivity index (χ3n) is 5.31. The highest BCUT2D eigenvalue weighted by atomic mass is 16.5. The van der Waals surface area contributed by atoms with Crippen molar-refractivity contribution in [3.63, 3.8) is 0 Å². The molecule has 1 aliphatic rings. The molecule has 0 atom stereocenters. The molecular weight excluding hydrogens is 390 g/mol. The van der Waals surface area contributed by atoms with Crippen molar-refractivity contribution in [3.8, 4) is 5.75 Å². The Labute approximate surface area is 188 Å². The van der Waals surface area contributed by atoms with Crippen LogP contribution in [0, 0.1) is 5.92 Å². The number of rotatable bonds is 10. The third kappa shape index (κ3) is 9.59. The van der Waals surface area contributed by atoms with Gasteiger partial charge in [0.2, 0.25) is 5.91 Å². The minimum absolute atomic E-state index is 0.167. The summed E-state index contributed by atoms with van der Waals surface area (Å²) >= 11 is 0. The molecule has 1 saturated heterocycles. The standard InChI is InChI=1S/C24H41N5O2/c1-6-25-24(27-21-12-15-29(16-13-21)17-23(30)28(4)5)26-14-11-20-7-9-22(10-8-20)31-18-19(2)3/h7-10,19,21H,6,11-18H2,1-5H3,(H2,25,26,27). The van der Waals surface area contributed by atoms with E-state index in [1.54, 1.807) is 4.90 Å². The molecule has 1 heterocycles. The monoisotopic (exact) mass is 431 g/mol. The van der Waals surface area contributed by atoms with Crippen LogP contribution in [-0.4, -0.2) is 81.1 Å². The third-order valence-corrected chi connectivity index (χ3v) is 5.31. The van der Waals surface area contributed by atoms with E-state index in [1.807, 2.05) is 26.2 Å². The molecule has 174 valence electrons. The first kappa shape index (κ1) is 25.0. The number of guanidine groups is 1. The van der Waals surface area contributed by atoms with Crippen LogP contribution in [0.4, 0.5) is 0 Å². The van der Waals surface area contributed by atoms with Crippen LogP contribution in [0.2, 0.25) is 0 Å². The lowest BCUT2D eigenvalue weighted by atomic mass is 10.1. The van der Waals surface area contributed by atoms with Crippen LogP contribution < -0.4 is 15.4 Å². The number of carbonyl (C=O) groups is 1. The fourth-order valence-electron chi connectivity index (χ4n) is 3.39. The van der Waals surface area contributed by atoms with Gasteiger partial charge in [-0.3, -0.25) is 14.7 Å². The zero-order chi connectivity index (χ0) is 22.6. The van der Waals surface area contributed by atoms with E-state index in [-0.39, 0.29) is 5.91 Å². The lowest BCUT2D eigenvalue weighted by Crippen LogP contribution is -2.50. The summed E-state index contributed by atoms with van der Waals surface area (Å²) in [6.07, 6.45) is 2.93. The second-order valence-corrected chi connectivity index (χ2v) is 8.84. The number of hydrogen-bond acceptors (Lipinski definition) is 4. The molecule has 0 spiro atoms. The largest absolute Gasteiger partial charge is 0.493 e. The molecule has 0 bridgehead atoms. The van der Waals surface area contributed by atoms with E-state index in [9.17, 15) is 4.79 Å². The van der Waals surface area contributed by atoms with Crippen LogP contribution in [0.25, 0.3) is 0 Å². The average molecular weight is 432 g/mol. The number of amides is 1. The van der Waals surface area contributed by atoms with Gasteiger partial charge in [0, 0.05) is 46.3 Å². The van der Waals surface area contributed by atoms with Crippen LogP contribution in [0.1, 0.15) is 39.2 Å². The summed E-state index contributed by atoms with van der Waals surface area (Å²) in [5.74, 6) is 2.50. The molecule has 0 radical (unpaired) electrons. The fourth-order valence-corrected chi connectivity index (χ4v) is 3.39. The number of aliphatic imine (C=N–C) groups is 1. The van der Waals surface area contributed by atoms with Gasteiger partial charge in [0.1, 0.15) is 5.75 Å². The van der Waals surface area contributed by atoms with Gasteiger partial charge in [-0.15, -0.1) is 0 Å². The number of benzene rings is 1. The first-order valence-corrected chi connectivity index (χ1v) is 11.6. The van der Waals surface area contributed by atoms with Gasteiger partial charge in [-0.05, 0) is 49.8 Å². The number of nitrogens with one attached hydrogen (secondary N) is 2. The van der Waals surface area contributed by atoms with Crippen LogP contribution in [-0.2, 0) is 11.2 Å². The Bertz CT molecular complexity index is 680. The topological polar surface area (TPSA) is 69.2 Å². The zero-order valence-electron chi connectivity index (χ0n) is 20.0. The Morgan fingerprint density at radius 2 is 1.90 bits per heavy atom. The maximum absolute atomic E-state index is 11.9. The maximum atomic E-state index is 11.9. The predicted molar refractivity (Wildman–Crippen MR) is 128 cm³/mol. The van der Waals surface area contributed by atoms with E-state index in [2.05, 4.69) is 48.4 Å². The Hall–Kier alpha value is -2.28. The fraction of sp³-hybridized carbons (Fsp3) is 0.667. The van der Waals surface area contributed by atoms with E-state index < -0.39 is 0 Å². The molecule has 1 aliphatic heterocycles. The minimum Gasteiger partial charge on any atom is -0.493 e. The van der Waals surface area contributed by atoms with Gasteiger partial charge in [0.05, 0.1) is 13.2 Å². The Balaban J connectivity index is 1.77. The second kappa shape index (κ2) is 13.2. The molecule has 0 unspecified atom stereocenters. The lowest BCUT2D eigenvalue weighted by molar-refractivity contribution is -0.130. The van der Waals surface area contributed by atoms with E-state index in [1.165, 1.54) is 5.56 Å². The van der Waals surface area contributed by atoms with Gasteiger partial charge in [0.25, 0.3) is 0 Å². The first-order valence-electron chi connectivity index (χ1n) is 11.6. The molecule has 0 aromatic heterocycles. The molecule has 1 fully saturated rings. The molecule has 2 N–H and O–H groups in total. The number of nitrogens with zero attached hydrogens (tertiary/aromatic N) is 3. The summed E-state index contributed by atoms with van der Waals surface area (Å²) < 4.78 is 5.75. The van der Waals surface area contributed by atoms with Gasteiger partial charge >= 0.3 is 0 Å². The summed E-state index contributed by atoms with van der Waals surface area (Å²) in [5, 5.41) is 6.93. The highest BCUT2D eigenvalue weighted by Crippen LogP contribution is 2.14. The van der Waals surface area contributed by atoms with Crippen molar-refractivity contribution >= 4 is 11.9 Å². The highest BCUT2D eigenvalue weighted by molar-refractivity contribution is 5.80. The van der Waals surface area contributed by atoms with Crippen molar-refractivity contribution in [2.24, 2.45) is 10.9 Å². The number of ether oxygens (including phenoxy) is 1. The smallest absolute Gasteiger partial charge is 0.236 e. The number of likely N-dealkylation sites (tertiary alicyclic amines) is 1. The van der Waals surface area contributed by atoms with Crippen molar-refractivity contribution in [1.29, 1.82) is 0 Å². The minimum atomic E-state index is 0.167. The first-order chi connectivity index (χ1) is 14.9. The highest BCUT2D eigenvalue weighted by Gasteiger charge is 2.21. The normalized spacial score (nSPS) is 15.7. The van der Waals surface area contributed by atoms with Crippen LogP contribution >= 0.6 is 0 Å². The Morgan fingerprint density at radius 3 is 2.48 bits per heavy atom. The number of hydrogen-bond donors (Lipinski definition) is 2. The molecule has 1 amide bonds. The number of likely N-dealkylation sites (N-methyl/N-ethyl adjacent to an activating group) is 1. The summed E-state index contributed by atoms with van der Waals surface area (Å²) in [6, 6.07) is 8.72. The molecule has 1 aromatic carbocycles. The van der Waals surface area contributed by atoms with Gasteiger partial charge in [-0.2, -0.15) is 0 Å². The van der Waals surface area contributed by atoms with Gasteiger partial charge in [-0.25, -0.2) is 0 Å². The molecular formula is C24H41N5O2.